The molecule has 0 fully saturated rings. The van der Waals surface area contributed by atoms with Crippen LogP contribution in [0.5, 0.6) is 0 Å². The van der Waals surface area contributed by atoms with Gasteiger partial charge < -0.3 is 8.83 Å². The van der Waals surface area contributed by atoms with Crippen molar-refractivity contribution in [1.29, 1.82) is 5.26 Å². The van der Waals surface area contributed by atoms with E-state index in [1.54, 1.807) is 25.1 Å². The first-order valence-corrected chi connectivity index (χ1v) is 6.70. The average molecular weight is 309 g/mol. The lowest BCUT2D eigenvalue weighted by Gasteiger charge is -2.02. The van der Waals surface area contributed by atoms with E-state index in [-0.39, 0.29) is 28.6 Å². The molecule has 0 saturated carbocycles. The minimum atomic E-state index is -0.477. The maximum absolute atomic E-state index is 12.3. The maximum Gasteiger partial charge on any atom is 0.258 e. The molecule has 0 aliphatic carbocycles. The number of amides is 1. The Morgan fingerprint density at radius 1 is 1.35 bits per heavy atom. The molecule has 1 amide bonds. The van der Waals surface area contributed by atoms with Crippen LogP contribution in [-0.2, 0) is 0 Å². The Bertz CT molecular complexity index is 975. The first-order chi connectivity index (χ1) is 11.0. The van der Waals surface area contributed by atoms with Crippen LogP contribution in [0.3, 0.4) is 0 Å². The van der Waals surface area contributed by atoms with Crippen LogP contribution in [0.4, 0.5) is 5.88 Å². The fourth-order valence-corrected chi connectivity index (χ4v) is 2.34. The van der Waals surface area contributed by atoms with E-state index in [4.69, 9.17) is 8.83 Å². The fraction of sp³-hybridized carbons (Fsp3) is 0.125. The van der Waals surface area contributed by atoms with Gasteiger partial charge in [0.15, 0.2) is 17.8 Å². The molecule has 23 heavy (non-hydrogen) atoms. The zero-order valence-electron chi connectivity index (χ0n) is 12.3. The molecule has 7 nitrogen and oxygen atoms in total. The summed E-state index contributed by atoms with van der Waals surface area (Å²) in [6.07, 6.45) is 1.29. The number of carbonyl (C=O) groups is 2. The Hall–Kier alpha value is -3.40. The number of nitrogens with one attached hydrogen (secondary N) is 1. The van der Waals surface area contributed by atoms with Crippen molar-refractivity contribution in [2.45, 2.75) is 13.8 Å². The number of carbonyl (C=O) groups excluding carboxylic acids is 2. The van der Waals surface area contributed by atoms with Gasteiger partial charge in [0.1, 0.15) is 22.9 Å². The van der Waals surface area contributed by atoms with Crippen LogP contribution in [0.1, 0.15) is 39.0 Å². The summed E-state index contributed by atoms with van der Waals surface area (Å²) in [5.74, 6) is -0.528. The highest BCUT2D eigenvalue weighted by molar-refractivity contribution is 6.07. The number of aromatic nitrogens is 1. The SMILES string of the molecule is CC(=O)c1c(C)oc(NC(=O)c2ccc3ocnc3c2)c1C#N. The third-order valence-corrected chi connectivity index (χ3v) is 3.37. The van der Waals surface area contributed by atoms with Gasteiger partial charge in [-0.2, -0.15) is 5.26 Å². The van der Waals surface area contributed by atoms with E-state index < -0.39 is 5.91 Å². The van der Waals surface area contributed by atoms with Gasteiger partial charge in [-0.15, -0.1) is 0 Å². The van der Waals surface area contributed by atoms with Crippen LogP contribution < -0.4 is 5.32 Å². The largest absolute Gasteiger partial charge is 0.443 e. The van der Waals surface area contributed by atoms with Gasteiger partial charge in [0.05, 0.1) is 5.56 Å². The van der Waals surface area contributed by atoms with Gasteiger partial charge in [0.25, 0.3) is 5.91 Å². The summed E-state index contributed by atoms with van der Waals surface area (Å²) >= 11 is 0. The second-order valence-corrected chi connectivity index (χ2v) is 4.89. The van der Waals surface area contributed by atoms with E-state index in [1.165, 1.54) is 13.3 Å². The van der Waals surface area contributed by atoms with Crippen molar-refractivity contribution in [1.82, 2.24) is 4.98 Å². The zero-order valence-corrected chi connectivity index (χ0v) is 12.3. The Labute approximate surface area is 130 Å². The number of rotatable bonds is 3. The number of nitriles is 1. The van der Waals surface area contributed by atoms with Crippen LogP contribution in [0, 0.1) is 18.3 Å². The van der Waals surface area contributed by atoms with E-state index in [2.05, 4.69) is 10.3 Å². The van der Waals surface area contributed by atoms with Gasteiger partial charge in [-0.05, 0) is 32.0 Å². The smallest absolute Gasteiger partial charge is 0.258 e. The van der Waals surface area contributed by atoms with E-state index in [9.17, 15) is 14.9 Å². The summed E-state index contributed by atoms with van der Waals surface area (Å²) in [6.45, 7) is 2.90. The van der Waals surface area contributed by atoms with Gasteiger partial charge in [0, 0.05) is 5.56 Å². The quantitative estimate of drug-likeness (QED) is 0.745. The number of hydrogen-bond acceptors (Lipinski definition) is 6. The molecule has 0 bridgehead atoms. The highest BCUT2D eigenvalue weighted by Crippen LogP contribution is 2.27. The molecule has 114 valence electrons. The average Bonchev–Trinajstić information content (AvgIpc) is 3.09. The Balaban J connectivity index is 1.95. The van der Waals surface area contributed by atoms with Crippen molar-refractivity contribution in [3.8, 4) is 6.07 Å². The number of ketones is 1. The highest BCUT2D eigenvalue weighted by atomic mass is 16.4. The van der Waals surface area contributed by atoms with Crippen molar-refractivity contribution in [2.24, 2.45) is 0 Å². The molecule has 0 aliphatic rings. The normalized spacial score (nSPS) is 10.5. The summed E-state index contributed by atoms with van der Waals surface area (Å²) in [5.41, 5.74) is 1.62. The maximum atomic E-state index is 12.3. The number of fused-ring (bicyclic) bond motifs is 1. The molecule has 3 aromatic rings. The van der Waals surface area contributed by atoms with Crippen LogP contribution >= 0.6 is 0 Å². The lowest BCUT2D eigenvalue weighted by molar-refractivity contribution is 0.101. The van der Waals surface area contributed by atoms with E-state index in [1.807, 2.05) is 6.07 Å². The molecule has 1 N–H and O–H groups in total. The first-order valence-electron chi connectivity index (χ1n) is 6.70. The molecule has 0 atom stereocenters. The summed E-state index contributed by atoms with van der Waals surface area (Å²) in [4.78, 5) is 27.9. The minimum Gasteiger partial charge on any atom is -0.443 e. The molecule has 7 heteroatoms. The van der Waals surface area contributed by atoms with E-state index in [0.717, 1.165) is 0 Å². The summed E-state index contributed by atoms with van der Waals surface area (Å²) in [5, 5.41) is 11.7. The molecule has 2 heterocycles. The second-order valence-electron chi connectivity index (χ2n) is 4.89. The zero-order chi connectivity index (χ0) is 16.6. The number of benzene rings is 1. The van der Waals surface area contributed by atoms with Crippen molar-refractivity contribution in [3.63, 3.8) is 0 Å². The Kier molecular flexibility index (Phi) is 3.43. The van der Waals surface area contributed by atoms with Gasteiger partial charge in [0.2, 0.25) is 5.88 Å². The van der Waals surface area contributed by atoms with Crippen molar-refractivity contribution < 1.29 is 18.4 Å². The molecule has 3 rings (SSSR count). The lowest BCUT2D eigenvalue weighted by atomic mass is 10.1. The van der Waals surface area contributed by atoms with Crippen LogP contribution in [-0.4, -0.2) is 16.7 Å². The number of furan rings is 1. The Morgan fingerprint density at radius 3 is 2.83 bits per heavy atom. The number of nitrogens with zero attached hydrogens (tertiary/aromatic N) is 2. The molecule has 0 spiro atoms. The monoisotopic (exact) mass is 309 g/mol. The van der Waals surface area contributed by atoms with Crippen LogP contribution in [0.15, 0.2) is 33.4 Å². The number of aryl methyl sites for hydroxylation is 1. The summed E-state index contributed by atoms with van der Waals surface area (Å²) in [6, 6.07) is 6.64. The molecule has 0 radical (unpaired) electrons. The molecule has 1 aromatic carbocycles. The number of anilines is 1. The van der Waals surface area contributed by atoms with Crippen molar-refractivity contribution in [2.75, 3.05) is 5.32 Å². The van der Waals surface area contributed by atoms with Gasteiger partial charge in [-0.25, -0.2) is 4.98 Å². The number of oxazole rings is 1. The Morgan fingerprint density at radius 2 is 2.13 bits per heavy atom. The molecule has 2 aromatic heterocycles. The van der Waals surface area contributed by atoms with E-state index >= 15 is 0 Å². The van der Waals surface area contributed by atoms with Gasteiger partial charge >= 0.3 is 0 Å². The fourth-order valence-electron chi connectivity index (χ4n) is 2.34. The molecular formula is C16H11N3O4. The standard InChI is InChI=1S/C16H11N3O4/c1-8(20)14-9(2)23-16(11(14)6-17)19-15(21)10-3-4-13-12(5-10)18-7-22-13/h3-5,7H,1-2H3,(H,19,21). The third-order valence-electron chi connectivity index (χ3n) is 3.37. The molecule has 0 unspecified atom stereocenters. The second kappa shape index (κ2) is 5.42. The predicted molar refractivity (Wildman–Crippen MR) is 80.1 cm³/mol. The van der Waals surface area contributed by atoms with Gasteiger partial charge in [-0.3, -0.25) is 14.9 Å². The lowest BCUT2D eigenvalue weighted by Crippen LogP contribution is -2.12. The summed E-state index contributed by atoms with van der Waals surface area (Å²) in [7, 11) is 0. The number of Topliss-reactive ketones (excluding diaryl/α,β-unsaturated/α-hetero) is 1. The summed E-state index contributed by atoms with van der Waals surface area (Å²) < 4.78 is 10.5. The van der Waals surface area contributed by atoms with E-state index in [0.29, 0.717) is 16.7 Å². The van der Waals surface area contributed by atoms with Crippen LogP contribution in [0.2, 0.25) is 0 Å². The molecule has 0 aliphatic heterocycles. The van der Waals surface area contributed by atoms with Crippen molar-refractivity contribution in [3.05, 3.63) is 47.0 Å². The minimum absolute atomic E-state index is 0.0193. The predicted octanol–water partition coefficient (Wildman–Crippen LogP) is 3.06. The number of hydrogen-bond donors (Lipinski definition) is 1. The topological polar surface area (TPSA) is 109 Å². The third kappa shape index (κ3) is 2.46. The first kappa shape index (κ1) is 14.5. The van der Waals surface area contributed by atoms with Gasteiger partial charge in [-0.1, -0.05) is 0 Å². The molecular weight excluding hydrogens is 298 g/mol. The highest BCUT2D eigenvalue weighted by Gasteiger charge is 2.22. The van der Waals surface area contributed by atoms with Crippen molar-refractivity contribution >= 4 is 28.7 Å². The molecule has 0 saturated heterocycles. The van der Waals surface area contributed by atoms with Crippen LogP contribution in [0.25, 0.3) is 11.1 Å².